The van der Waals surface area contributed by atoms with E-state index in [-0.39, 0.29) is 17.2 Å². The van der Waals surface area contributed by atoms with Crippen molar-refractivity contribution in [1.29, 1.82) is 5.41 Å². The zero-order chi connectivity index (χ0) is 19.1. The zero-order valence-corrected chi connectivity index (χ0v) is 16.5. The average Bonchev–Trinajstić information content (AvgIpc) is 2.60. The largest absolute Gasteiger partial charge is 0.304 e. The van der Waals surface area contributed by atoms with Crippen LogP contribution in [0.4, 0.5) is 0 Å². The minimum Gasteiger partial charge on any atom is -0.304 e. The van der Waals surface area contributed by atoms with E-state index in [0.717, 1.165) is 18.4 Å². The van der Waals surface area contributed by atoms with E-state index in [1.54, 1.807) is 23.5 Å². The van der Waals surface area contributed by atoms with E-state index in [1.807, 2.05) is 26.0 Å². The van der Waals surface area contributed by atoms with Crippen molar-refractivity contribution in [2.45, 2.75) is 44.4 Å². The fourth-order valence-corrected chi connectivity index (χ4v) is 5.93. The number of sulfonamides is 1. The molecule has 2 saturated heterocycles. The predicted molar refractivity (Wildman–Crippen MR) is 100 cm³/mol. The second kappa shape index (κ2) is 6.78. The summed E-state index contributed by atoms with van der Waals surface area (Å²) in [5, 5.41) is 8.11. The van der Waals surface area contributed by atoms with Crippen molar-refractivity contribution in [3.63, 3.8) is 0 Å². The highest BCUT2D eigenvalue weighted by Crippen LogP contribution is 2.44. The molecule has 1 amide bonds. The topological polar surface area (TPSA) is 81.5 Å². The number of carbonyl (C=O) groups excluding carboxylic acids is 1. The Morgan fingerprint density at radius 1 is 1.23 bits per heavy atom. The minimum atomic E-state index is -3.54. The number of nitrogens with one attached hydrogen (secondary N) is 1. The third-order valence-corrected chi connectivity index (χ3v) is 8.01. The van der Waals surface area contributed by atoms with Gasteiger partial charge in [-0.25, -0.2) is 8.42 Å². The average molecular weight is 378 g/mol. The van der Waals surface area contributed by atoms with Crippen LogP contribution in [0.15, 0.2) is 29.2 Å². The van der Waals surface area contributed by atoms with Gasteiger partial charge in [0, 0.05) is 33.0 Å². The zero-order valence-electron chi connectivity index (χ0n) is 15.7. The number of hydrogen-bond acceptors (Lipinski definition) is 4. The first kappa shape index (κ1) is 19.0. The van der Waals surface area contributed by atoms with Crippen molar-refractivity contribution >= 4 is 21.8 Å². The fraction of sp³-hybridized carbons (Fsp3) is 0.579. The van der Waals surface area contributed by atoms with Crippen molar-refractivity contribution in [1.82, 2.24) is 9.21 Å². The molecule has 2 heterocycles. The number of nitrogens with zero attached hydrogens (tertiary/aromatic N) is 2. The molecule has 6 nitrogen and oxygen atoms in total. The summed E-state index contributed by atoms with van der Waals surface area (Å²) >= 11 is 0. The van der Waals surface area contributed by atoms with Gasteiger partial charge in [0.05, 0.1) is 4.90 Å². The Balaban J connectivity index is 1.85. The summed E-state index contributed by atoms with van der Waals surface area (Å²) in [6.45, 7) is 4.76. The highest BCUT2D eigenvalue weighted by molar-refractivity contribution is 7.89. The first-order valence-corrected chi connectivity index (χ1v) is 10.5. The molecule has 0 bridgehead atoms. The number of likely N-dealkylation sites (tertiary alicyclic amines) is 1. The van der Waals surface area contributed by atoms with E-state index in [2.05, 4.69) is 0 Å². The fourth-order valence-electron chi connectivity index (χ4n) is 4.18. The Morgan fingerprint density at radius 2 is 1.92 bits per heavy atom. The summed E-state index contributed by atoms with van der Waals surface area (Å²) in [5.74, 6) is 0.346. The molecule has 1 aromatic carbocycles. The molecule has 1 unspecified atom stereocenters. The smallest absolute Gasteiger partial charge is 0.243 e. The highest BCUT2D eigenvalue weighted by Gasteiger charge is 2.45. The first-order valence-electron chi connectivity index (χ1n) is 9.05. The number of amidine groups is 1. The Kier molecular flexibility index (Phi) is 4.96. The number of amides is 1. The maximum Gasteiger partial charge on any atom is 0.243 e. The lowest BCUT2D eigenvalue weighted by Gasteiger charge is -2.46. The lowest BCUT2D eigenvalue weighted by Crippen LogP contribution is -2.51. The molecule has 2 aliphatic rings. The van der Waals surface area contributed by atoms with E-state index < -0.39 is 10.0 Å². The second-order valence-corrected chi connectivity index (χ2v) is 9.78. The summed E-state index contributed by atoms with van der Waals surface area (Å²) in [4.78, 5) is 14.0. The molecule has 1 aromatic rings. The van der Waals surface area contributed by atoms with Crippen LogP contribution in [0.5, 0.6) is 0 Å². The van der Waals surface area contributed by atoms with Crippen molar-refractivity contribution in [3.8, 4) is 0 Å². The molecule has 142 valence electrons. The Bertz CT molecular complexity index is 816. The number of aryl methyl sites for hydroxylation is 1. The van der Waals surface area contributed by atoms with Gasteiger partial charge in [-0.3, -0.25) is 10.2 Å². The molecular weight excluding hydrogens is 350 g/mol. The number of piperidine rings is 2. The third-order valence-electron chi connectivity index (χ3n) is 5.99. The first-order chi connectivity index (χ1) is 12.1. The predicted octanol–water partition coefficient (Wildman–Crippen LogP) is 2.63. The van der Waals surface area contributed by atoms with Crippen molar-refractivity contribution < 1.29 is 13.2 Å². The van der Waals surface area contributed by atoms with Crippen molar-refractivity contribution in [3.05, 3.63) is 29.8 Å². The number of carbonyl (C=O) groups is 1. The van der Waals surface area contributed by atoms with Crippen LogP contribution in [-0.2, 0) is 14.8 Å². The molecule has 0 aliphatic carbocycles. The molecular formula is C19H27N3O3S. The monoisotopic (exact) mass is 377 g/mol. The van der Waals surface area contributed by atoms with Gasteiger partial charge in [-0.15, -0.1) is 0 Å². The van der Waals surface area contributed by atoms with Crippen molar-refractivity contribution in [2.75, 3.05) is 20.1 Å². The van der Waals surface area contributed by atoms with Gasteiger partial charge in [0.2, 0.25) is 15.9 Å². The van der Waals surface area contributed by atoms with Crippen LogP contribution in [0, 0.1) is 23.7 Å². The van der Waals surface area contributed by atoms with Gasteiger partial charge in [0.25, 0.3) is 0 Å². The van der Waals surface area contributed by atoms with Gasteiger partial charge < -0.3 is 4.90 Å². The third kappa shape index (κ3) is 3.30. The van der Waals surface area contributed by atoms with E-state index in [9.17, 15) is 13.2 Å². The van der Waals surface area contributed by atoms with E-state index >= 15 is 0 Å². The molecule has 1 N–H and O–H groups in total. The number of hydrogen-bond donors (Lipinski definition) is 1. The molecule has 0 spiro atoms. The summed E-state index contributed by atoms with van der Waals surface area (Å²) in [6, 6.07) is 7.06. The molecule has 3 rings (SSSR count). The maximum atomic E-state index is 13.1. The molecule has 0 radical (unpaired) electrons. The van der Waals surface area contributed by atoms with Crippen LogP contribution in [0.25, 0.3) is 0 Å². The van der Waals surface area contributed by atoms with Crippen LogP contribution in [0.3, 0.4) is 0 Å². The van der Waals surface area contributed by atoms with E-state index in [1.165, 1.54) is 4.90 Å². The van der Waals surface area contributed by atoms with Gasteiger partial charge >= 0.3 is 0 Å². The molecule has 7 heteroatoms. The van der Waals surface area contributed by atoms with Crippen molar-refractivity contribution in [2.24, 2.45) is 11.3 Å². The van der Waals surface area contributed by atoms with Gasteiger partial charge in [0.1, 0.15) is 5.84 Å². The Hall–Kier alpha value is -1.73. The normalized spacial score (nSPS) is 28.4. The molecule has 2 aliphatic heterocycles. The second-order valence-electron chi connectivity index (χ2n) is 7.87. The lowest BCUT2D eigenvalue weighted by molar-refractivity contribution is -0.131. The van der Waals surface area contributed by atoms with Crippen LogP contribution < -0.4 is 0 Å². The Morgan fingerprint density at radius 3 is 2.58 bits per heavy atom. The Labute approximate surface area is 155 Å². The number of benzene rings is 1. The summed E-state index contributed by atoms with van der Waals surface area (Å²) in [6.07, 6.45) is 2.55. The molecule has 0 aromatic heterocycles. The van der Waals surface area contributed by atoms with Gasteiger partial charge in [0.15, 0.2) is 0 Å². The quantitative estimate of drug-likeness (QED) is 0.879. The molecule has 0 saturated carbocycles. The SMILES string of the molecule is Cc1ccccc1S(=O)(=O)N1CCCC([C@@]2(C)CC(=N)N(C)C(=O)C2)C1. The maximum absolute atomic E-state index is 13.1. The van der Waals surface area contributed by atoms with E-state index in [0.29, 0.717) is 36.7 Å². The van der Waals surface area contributed by atoms with Crippen LogP contribution in [-0.4, -0.2) is 49.5 Å². The molecule has 26 heavy (non-hydrogen) atoms. The number of rotatable bonds is 3. The highest BCUT2D eigenvalue weighted by atomic mass is 32.2. The van der Waals surface area contributed by atoms with Crippen LogP contribution >= 0.6 is 0 Å². The standard InChI is InChI=1S/C19H27N3O3S/c1-14-7-4-5-9-16(14)26(24,25)22-10-6-8-15(13-22)19(2)11-17(20)21(3)18(23)12-19/h4-5,7,9,15,20H,6,8,10-13H2,1-3H3/t15?,19-/m0/s1. The summed E-state index contributed by atoms with van der Waals surface area (Å²) in [7, 11) is -1.91. The summed E-state index contributed by atoms with van der Waals surface area (Å²) in [5.41, 5.74) is 0.387. The molecule has 2 fully saturated rings. The van der Waals surface area contributed by atoms with Crippen LogP contribution in [0.2, 0.25) is 0 Å². The van der Waals surface area contributed by atoms with Gasteiger partial charge in [-0.05, 0) is 42.7 Å². The van der Waals surface area contributed by atoms with Gasteiger partial charge in [-0.2, -0.15) is 4.31 Å². The lowest BCUT2D eigenvalue weighted by atomic mass is 9.67. The minimum absolute atomic E-state index is 0.0531. The van der Waals surface area contributed by atoms with Gasteiger partial charge in [-0.1, -0.05) is 25.1 Å². The molecule has 2 atom stereocenters. The summed E-state index contributed by atoms with van der Waals surface area (Å²) < 4.78 is 27.8. The van der Waals surface area contributed by atoms with Crippen LogP contribution in [0.1, 0.15) is 38.2 Å². The van der Waals surface area contributed by atoms with E-state index in [4.69, 9.17) is 5.41 Å².